The van der Waals surface area contributed by atoms with Crippen LogP contribution in [0.5, 0.6) is 11.5 Å². The van der Waals surface area contributed by atoms with Gasteiger partial charge in [0.1, 0.15) is 13.2 Å². The Balaban J connectivity index is 1.44. The van der Waals surface area contributed by atoms with Crippen molar-refractivity contribution in [2.75, 3.05) is 5.32 Å². The minimum Gasteiger partial charge on any atom is -0.485 e. The van der Waals surface area contributed by atoms with Gasteiger partial charge in [0, 0.05) is 16.8 Å². The van der Waals surface area contributed by atoms with Crippen molar-refractivity contribution in [3.63, 3.8) is 0 Å². The second kappa shape index (κ2) is 9.45. The van der Waals surface area contributed by atoms with E-state index >= 15 is 0 Å². The summed E-state index contributed by atoms with van der Waals surface area (Å²) < 4.78 is 12.2. The van der Waals surface area contributed by atoms with Gasteiger partial charge in [-0.1, -0.05) is 84.9 Å². The molecule has 4 aromatic carbocycles. The first-order valence-corrected chi connectivity index (χ1v) is 10.9. The molecule has 0 radical (unpaired) electrons. The van der Waals surface area contributed by atoms with Crippen molar-refractivity contribution in [2.45, 2.75) is 13.2 Å². The zero-order valence-electron chi connectivity index (χ0n) is 18.0. The van der Waals surface area contributed by atoms with E-state index in [9.17, 15) is 4.79 Å². The third kappa shape index (κ3) is 4.80. The highest BCUT2D eigenvalue weighted by Crippen LogP contribution is 2.35. The largest absolute Gasteiger partial charge is 0.485 e. The summed E-state index contributed by atoms with van der Waals surface area (Å²) in [5, 5.41) is 2.92. The van der Waals surface area contributed by atoms with Gasteiger partial charge in [-0.15, -0.1) is 0 Å². The van der Waals surface area contributed by atoms with E-state index < -0.39 is 0 Å². The van der Waals surface area contributed by atoms with E-state index in [0.717, 1.165) is 27.9 Å². The summed E-state index contributed by atoms with van der Waals surface area (Å²) in [5.74, 6) is 1.19. The third-order valence-electron chi connectivity index (χ3n) is 5.46. The van der Waals surface area contributed by atoms with E-state index in [1.165, 1.54) is 0 Å². The number of para-hydroxylation sites is 1. The standard InChI is InChI=1S/C29H23NO3/c31-29-25(24-13-7-8-14-26(24)30-29)17-23-15-16-27(32-19-21-9-3-1-4-10-21)28(18-23)33-20-22-11-5-2-6-12-22/h1-18H,19-20H2,(H,30,31)/b25-17+. The molecule has 1 N–H and O–H groups in total. The number of fused-ring (bicyclic) bond motifs is 1. The number of rotatable bonds is 7. The maximum atomic E-state index is 12.5. The minimum absolute atomic E-state index is 0.104. The van der Waals surface area contributed by atoms with Gasteiger partial charge in [0.25, 0.3) is 5.91 Å². The molecule has 4 heteroatoms. The molecular weight excluding hydrogens is 410 g/mol. The lowest BCUT2D eigenvalue weighted by atomic mass is 10.0. The monoisotopic (exact) mass is 433 g/mol. The molecule has 1 amide bonds. The van der Waals surface area contributed by atoms with Crippen molar-refractivity contribution in [3.05, 3.63) is 125 Å². The molecule has 0 bridgehead atoms. The van der Waals surface area contributed by atoms with Crippen LogP contribution in [0.3, 0.4) is 0 Å². The quantitative estimate of drug-likeness (QED) is 0.346. The number of anilines is 1. The molecule has 4 aromatic rings. The van der Waals surface area contributed by atoms with Gasteiger partial charge in [0.15, 0.2) is 11.5 Å². The van der Waals surface area contributed by atoms with E-state index in [0.29, 0.717) is 30.3 Å². The summed E-state index contributed by atoms with van der Waals surface area (Å²) in [6.07, 6.45) is 1.89. The molecule has 0 spiro atoms. The normalized spacial score (nSPS) is 13.5. The fraction of sp³-hybridized carbons (Fsp3) is 0.0690. The Labute approximate surface area is 193 Å². The van der Waals surface area contributed by atoms with Gasteiger partial charge in [0.2, 0.25) is 0 Å². The molecule has 4 nitrogen and oxygen atoms in total. The molecule has 1 aliphatic rings. The van der Waals surface area contributed by atoms with E-state index in [-0.39, 0.29) is 5.91 Å². The molecule has 1 aliphatic heterocycles. The van der Waals surface area contributed by atoms with Gasteiger partial charge in [-0.3, -0.25) is 4.79 Å². The fourth-order valence-electron chi connectivity index (χ4n) is 3.77. The Bertz CT molecular complexity index is 1300. The van der Waals surface area contributed by atoms with Gasteiger partial charge < -0.3 is 14.8 Å². The van der Waals surface area contributed by atoms with Gasteiger partial charge in [-0.25, -0.2) is 0 Å². The van der Waals surface area contributed by atoms with Crippen LogP contribution in [0.15, 0.2) is 103 Å². The average molecular weight is 434 g/mol. The zero-order chi connectivity index (χ0) is 22.5. The Kier molecular flexibility index (Phi) is 5.89. The Morgan fingerprint density at radius 3 is 1.97 bits per heavy atom. The Morgan fingerprint density at radius 1 is 0.667 bits per heavy atom. The number of carbonyl (C=O) groups is 1. The first kappa shape index (κ1) is 20.6. The SMILES string of the molecule is O=C1Nc2ccccc2/C1=C\c1ccc(OCc2ccccc2)c(OCc2ccccc2)c1. The summed E-state index contributed by atoms with van der Waals surface area (Å²) in [6, 6.07) is 33.5. The molecule has 162 valence electrons. The molecule has 0 saturated heterocycles. The number of benzene rings is 4. The second-order valence-corrected chi connectivity index (χ2v) is 7.81. The smallest absolute Gasteiger partial charge is 0.256 e. The molecule has 1 heterocycles. The Hall–Kier alpha value is -4.31. The molecule has 0 unspecified atom stereocenters. The van der Waals surface area contributed by atoms with Crippen LogP contribution < -0.4 is 14.8 Å². The molecule has 0 fully saturated rings. The van der Waals surface area contributed by atoms with Crippen molar-refractivity contribution in [2.24, 2.45) is 0 Å². The third-order valence-corrected chi connectivity index (χ3v) is 5.46. The highest BCUT2D eigenvalue weighted by Gasteiger charge is 2.23. The predicted octanol–water partition coefficient (Wildman–Crippen LogP) is 6.34. The number of hydrogen-bond donors (Lipinski definition) is 1. The van der Waals surface area contributed by atoms with Crippen molar-refractivity contribution in [3.8, 4) is 11.5 Å². The molecular formula is C29H23NO3. The molecule has 0 saturated carbocycles. The first-order valence-electron chi connectivity index (χ1n) is 10.9. The molecule has 0 aliphatic carbocycles. The molecule has 0 aromatic heterocycles. The van der Waals surface area contributed by atoms with Gasteiger partial charge in [-0.2, -0.15) is 0 Å². The average Bonchev–Trinajstić information content (AvgIpc) is 3.18. The van der Waals surface area contributed by atoms with Gasteiger partial charge >= 0.3 is 0 Å². The van der Waals surface area contributed by atoms with Crippen LogP contribution >= 0.6 is 0 Å². The van der Waals surface area contributed by atoms with Crippen LogP contribution in [0.1, 0.15) is 22.3 Å². The number of ether oxygens (including phenoxy) is 2. The summed E-state index contributed by atoms with van der Waals surface area (Å²) in [5.41, 5.74) is 5.39. The van der Waals surface area contributed by atoms with E-state index in [1.54, 1.807) is 0 Å². The lowest BCUT2D eigenvalue weighted by molar-refractivity contribution is -0.110. The topological polar surface area (TPSA) is 47.6 Å². The van der Waals surface area contributed by atoms with E-state index in [1.807, 2.05) is 109 Å². The number of carbonyl (C=O) groups excluding carboxylic acids is 1. The van der Waals surface area contributed by atoms with Crippen molar-refractivity contribution in [1.82, 2.24) is 0 Å². The lowest BCUT2D eigenvalue weighted by Crippen LogP contribution is -2.03. The van der Waals surface area contributed by atoms with Gasteiger partial charge in [-0.05, 0) is 41.0 Å². The fourth-order valence-corrected chi connectivity index (χ4v) is 3.77. The second-order valence-electron chi connectivity index (χ2n) is 7.81. The summed E-state index contributed by atoms with van der Waals surface area (Å²) >= 11 is 0. The summed E-state index contributed by atoms with van der Waals surface area (Å²) in [6.45, 7) is 0.866. The zero-order valence-corrected chi connectivity index (χ0v) is 18.0. The van der Waals surface area contributed by atoms with Crippen LogP contribution in [-0.2, 0) is 18.0 Å². The van der Waals surface area contributed by atoms with E-state index in [4.69, 9.17) is 9.47 Å². The maximum absolute atomic E-state index is 12.5. The predicted molar refractivity (Wildman–Crippen MR) is 131 cm³/mol. The number of hydrogen-bond acceptors (Lipinski definition) is 3. The van der Waals surface area contributed by atoms with Crippen LogP contribution in [0.25, 0.3) is 11.6 Å². The number of amides is 1. The Morgan fingerprint density at radius 2 is 1.27 bits per heavy atom. The summed E-state index contributed by atoms with van der Waals surface area (Å²) in [4.78, 5) is 12.5. The highest BCUT2D eigenvalue weighted by atomic mass is 16.5. The molecule has 5 rings (SSSR count). The van der Waals surface area contributed by atoms with Gasteiger partial charge in [0.05, 0.1) is 0 Å². The van der Waals surface area contributed by atoms with E-state index in [2.05, 4.69) is 5.32 Å². The molecule has 33 heavy (non-hydrogen) atoms. The van der Waals surface area contributed by atoms with Crippen LogP contribution in [0.4, 0.5) is 5.69 Å². The van der Waals surface area contributed by atoms with Crippen molar-refractivity contribution < 1.29 is 14.3 Å². The highest BCUT2D eigenvalue weighted by molar-refractivity contribution is 6.34. The summed E-state index contributed by atoms with van der Waals surface area (Å²) in [7, 11) is 0. The lowest BCUT2D eigenvalue weighted by Gasteiger charge is -2.14. The maximum Gasteiger partial charge on any atom is 0.256 e. The van der Waals surface area contributed by atoms with Crippen LogP contribution in [0, 0.1) is 0 Å². The van der Waals surface area contributed by atoms with Crippen LogP contribution in [0.2, 0.25) is 0 Å². The number of nitrogens with one attached hydrogen (secondary N) is 1. The first-order chi connectivity index (χ1) is 16.3. The molecule has 0 atom stereocenters. The minimum atomic E-state index is -0.104. The van der Waals surface area contributed by atoms with Crippen molar-refractivity contribution in [1.29, 1.82) is 0 Å². The van der Waals surface area contributed by atoms with Crippen molar-refractivity contribution >= 4 is 23.2 Å². The van der Waals surface area contributed by atoms with Crippen LogP contribution in [-0.4, -0.2) is 5.91 Å².